The maximum Gasteiger partial charge on any atom is 0.223 e. The molecule has 2 atom stereocenters. The second-order valence-corrected chi connectivity index (χ2v) is 5.89. The third kappa shape index (κ3) is 4.78. The number of halogens is 2. The van der Waals surface area contributed by atoms with Gasteiger partial charge in [0.1, 0.15) is 0 Å². The van der Waals surface area contributed by atoms with Gasteiger partial charge >= 0.3 is 0 Å². The SMILES string of the molecule is CC1CCCC(C)N1C(N)=NC(N)=Nc1ccc(Cl)cc1.Cl. The number of piperidine rings is 1. The van der Waals surface area contributed by atoms with Gasteiger partial charge in [0.2, 0.25) is 5.96 Å². The molecule has 122 valence electrons. The highest BCUT2D eigenvalue weighted by Crippen LogP contribution is 2.22. The van der Waals surface area contributed by atoms with Crippen molar-refractivity contribution in [2.24, 2.45) is 21.5 Å². The van der Waals surface area contributed by atoms with Crippen LogP contribution in [0, 0.1) is 0 Å². The van der Waals surface area contributed by atoms with Crippen molar-refractivity contribution in [3.05, 3.63) is 29.3 Å². The fraction of sp³-hybridized carbons (Fsp3) is 0.467. The van der Waals surface area contributed by atoms with Gasteiger partial charge in [-0.3, -0.25) is 0 Å². The summed E-state index contributed by atoms with van der Waals surface area (Å²) < 4.78 is 0. The Morgan fingerprint density at radius 2 is 1.68 bits per heavy atom. The Hall–Kier alpha value is -1.46. The zero-order valence-electron chi connectivity index (χ0n) is 12.9. The molecular weight excluding hydrogens is 321 g/mol. The van der Waals surface area contributed by atoms with E-state index in [1.807, 2.05) is 0 Å². The third-order valence-electron chi connectivity index (χ3n) is 3.76. The first-order chi connectivity index (χ1) is 9.97. The van der Waals surface area contributed by atoms with E-state index >= 15 is 0 Å². The summed E-state index contributed by atoms with van der Waals surface area (Å²) in [6, 6.07) is 7.84. The zero-order chi connectivity index (χ0) is 15.4. The lowest BCUT2D eigenvalue weighted by atomic mass is 9.98. The molecule has 0 aliphatic carbocycles. The third-order valence-corrected chi connectivity index (χ3v) is 4.01. The maximum absolute atomic E-state index is 6.10. The lowest BCUT2D eigenvalue weighted by Crippen LogP contribution is -2.51. The minimum atomic E-state index is 0. The molecule has 2 rings (SSSR count). The van der Waals surface area contributed by atoms with E-state index in [4.69, 9.17) is 23.1 Å². The summed E-state index contributed by atoms with van der Waals surface area (Å²) in [5, 5.41) is 0.659. The summed E-state index contributed by atoms with van der Waals surface area (Å²) >= 11 is 5.83. The van der Waals surface area contributed by atoms with Gasteiger partial charge in [0.25, 0.3) is 0 Å². The van der Waals surface area contributed by atoms with Crippen LogP contribution in [0.25, 0.3) is 0 Å². The van der Waals surface area contributed by atoms with Crippen molar-refractivity contribution in [3.63, 3.8) is 0 Å². The summed E-state index contributed by atoms with van der Waals surface area (Å²) in [5.41, 5.74) is 12.7. The number of benzene rings is 1. The molecule has 0 bridgehead atoms. The molecule has 1 fully saturated rings. The average Bonchev–Trinajstić information content (AvgIpc) is 2.41. The highest BCUT2D eigenvalue weighted by Gasteiger charge is 2.26. The highest BCUT2D eigenvalue weighted by atomic mass is 35.5. The lowest BCUT2D eigenvalue weighted by Gasteiger charge is -2.39. The molecule has 1 aliphatic rings. The molecule has 7 heteroatoms. The number of nitrogens with two attached hydrogens (primary N) is 2. The van der Waals surface area contributed by atoms with Gasteiger partial charge in [-0.15, -0.1) is 12.4 Å². The first-order valence-corrected chi connectivity index (χ1v) is 7.57. The Morgan fingerprint density at radius 1 is 1.14 bits per heavy atom. The molecule has 0 spiro atoms. The van der Waals surface area contributed by atoms with Crippen LogP contribution in [0.15, 0.2) is 34.3 Å². The van der Waals surface area contributed by atoms with Crippen LogP contribution in [0.3, 0.4) is 0 Å². The summed E-state index contributed by atoms with van der Waals surface area (Å²) in [4.78, 5) is 10.6. The topological polar surface area (TPSA) is 80.0 Å². The average molecular weight is 344 g/mol. The second-order valence-electron chi connectivity index (χ2n) is 5.45. The minimum Gasteiger partial charge on any atom is -0.369 e. The molecule has 1 aromatic rings. The van der Waals surface area contributed by atoms with Crippen molar-refractivity contribution in [1.82, 2.24) is 4.90 Å². The molecule has 2 unspecified atom stereocenters. The van der Waals surface area contributed by atoms with Crippen LogP contribution < -0.4 is 11.5 Å². The van der Waals surface area contributed by atoms with Crippen molar-refractivity contribution in [1.29, 1.82) is 0 Å². The Balaban J connectivity index is 0.00000242. The minimum absolute atomic E-state index is 0. The largest absolute Gasteiger partial charge is 0.369 e. The first kappa shape index (κ1) is 18.6. The molecule has 0 radical (unpaired) electrons. The predicted octanol–water partition coefficient (Wildman–Crippen LogP) is 3.29. The van der Waals surface area contributed by atoms with Crippen LogP contribution in [-0.2, 0) is 0 Å². The summed E-state index contributed by atoms with van der Waals surface area (Å²) in [6.45, 7) is 4.31. The van der Waals surface area contributed by atoms with E-state index in [1.54, 1.807) is 24.3 Å². The molecule has 1 aliphatic heterocycles. The van der Waals surface area contributed by atoms with E-state index < -0.39 is 0 Å². The molecule has 4 N–H and O–H groups in total. The van der Waals surface area contributed by atoms with Gasteiger partial charge in [-0.2, -0.15) is 4.99 Å². The van der Waals surface area contributed by atoms with Crippen molar-refractivity contribution in [2.45, 2.75) is 45.2 Å². The van der Waals surface area contributed by atoms with Crippen LogP contribution in [0.4, 0.5) is 5.69 Å². The van der Waals surface area contributed by atoms with Gasteiger partial charge in [0, 0.05) is 17.1 Å². The fourth-order valence-corrected chi connectivity index (χ4v) is 2.85. The number of guanidine groups is 2. The van der Waals surface area contributed by atoms with E-state index in [1.165, 1.54) is 6.42 Å². The van der Waals surface area contributed by atoms with Crippen LogP contribution in [0.5, 0.6) is 0 Å². The van der Waals surface area contributed by atoms with Crippen LogP contribution in [0.1, 0.15) is 33.1 Å². The van der Waals surface area contributed by atoms with E-state index in [0.717, 1.165) is 12.8 Å². The zero-order valence-corrected chi connectivity index (χ0v) is 14.4. The van der Waals surface area contributed by atoms with Crippen LogP contribution in [0.2, 0.25) is 5.02 Å². The molecule has 0 amide bonds. The molecule has 22 heavy (non-hydrogen) atoms. The molecule has 0 aromatic heterocycles. The number of aliphatic imine (C=N–C) groups is 2. The molecule has 5 nitrogen and oxygen atoms in total. The normalized spacial score (nSPS) is 23.1. The van der Waals surface area contributed by atoms with E-state index in [2.05, 4.69) is 28.7 Å². The highest BCUT2D eigenvalue weighted by molar-refractivity contribution is 6.30. The van der Waals surface area contributed by atoms with Gasteiger partial charge in [0.05, 0.1) is 5.69 Å². The maximum atomic E-state index is 6.10. The monoisotopic (exact) mass is 343 g/mol. The quantitative estimate of drug-likeness (QED) is 0.606. The van der Waals surface area contributed by atoms with Gasteiger partial charge in [0.15, 0.2) is 5.96 Å². The number of hydrogen-bond donors (Lipinski definition) is 2. The smallest absolute Gasteiger partial charge is 0.223 e. The second kappa shape index (κ2) is 8.25. The van der Waals surface area contributed by atoms with Gasteiger partial charge in [-0.25, -0.2) is 4.99 Å². The van der Waals surface area contributed by atoms with E-state index in [9.17, 15) is 0 Å². The number of nitrogens with zero attached hydrogens (tertiary/aromatic N) is 3. The Bertz CT molecular complexity index is 531. The first-order valence-electron chi connectivity index (χ1n) is 7.19. The van der Waals surface area contributed by atoms with Crippen LogP contribution >= 0.6 is 24.0 Å². The number of hydrogen-bond acceptors (Lipinski definition) is 1. The van der Waals surface area contributed by atoms with Crippen molar-refractivity contribution < 1.29 is 0 Å². The fourth-order valence-electron chi connectivity index (χ4n) is 2.72. The van der Waals surface area contributed by atoms with E-state index in [0.29, 0.717) is 28.8 Å². The van der Waals surface area contributed by atoms with Crippen molar-refractivity contribution in [3.8, 4) is 0 Å². The lowest BCUT2D eigenvalue weighted by molar-refractivity contribution is 0.189. The molecular formula is C15H23Cl2N5. The van der Waals surface area contributed by atoms with E-state index in [-0.39, 0.29) is 18.4 Å². The Kier molecular flexibility index (Phi) is 6.97. The van der Waals surface area contributed by atoms with Crippen molar-refractivity contribution >= 4 is 41.6 Å². The predicted molar refractivity (Wildman–Crippen MR) is 96.2 cm³/mol. The molecule has 1 aromatic carbocycles. The summed E-state index contributed by atoms with van der Waals surface area (Å²) in [5.74, 6) is 0.588. The standard InChI is InChI=1S/C15H22ClN5.ClH/c1-10-4-3-5-11(2)21(10)15(18)20-14(17)19-13-8-6-12(16)7-9-13;/h6-11H,3-5H2,1-2H3,(H4,17,18,19,20);1H. The molecule has 0 saturated carbocycles. The number of likely N-dealkylation sites (tertiary alicyclic amines) is 1. The van der Waals surface area contributed by atoms with Crippen molar-refractivity contribution in [2.75, 3.05) is 0 Å². The summed E-state index contributed by atoms with van der Waals surface area (Å²) in [7, 11) is 0. The van der Waals surface area contributed by atoms with Gasteiger partial charge in [-0.05, 0) is 57.4 Å². The Labute approximate surface area is 142 Å². The number of rotatable bonds is 1. The van der Waals surface area contributed by atoms with Gasteiger partial charge < -0.3 is 16.4 Å². The van der Waals surface area contributed by atoms with Gasteiger partial charge in [-0.1, -0.05) is 11.6 Å². The molecule has 1 heterocycles. The molecule has 1 saturated heterocycles. The Morgan fingerprint density at radius 3 is 2.23 bits per heavy atom. The van der Waals surface area contributed by atoms with Crippen LogP contribution in [-0.4, -0.2) is 28.9 Å². The summed E-state index contributed by atoms with van der Waals surface area (Å²) in [6.07, 6.45) is 3.46.